The largest absolute Gasteiger partial charge is 0.490 e. The Morgan fingerprint density at radius 1 is 1.09 bits per heavy atom. The summed E-state index contributed by atoms with van der Waals surface area (Å²) in [4.78, 5) is 18.3. The summed E-state index contributed by atoms with van der Waals surface area (Å²) >= 11 is 11.6. The van der Waals surface area contributed by atoms with E-state index in [0.29, 0.717) is 68.9 Å². The molecule has 44 heavy (non-hydrogen) atoms. The Kier molecular flexibility index (Phi) is 10.9. The molecule has 0 bridgehead atoms. The number of allylic oxidation sites excluding steroid dienone is 1. The highest BCUT2D eigenvalue weighted by Gasteiger charge is 2.36. The third-order valence-electron chi connectivity index (χ3n) is 6.97. The van der Waals surface area contributed by atoms with Crippen molar-refractivity contribution < 1.29 is 19.0 Å². The zero-order valence-corrected chi connectivity index (χ0v) is 28.0. The van der Waals surface area contributed by atoms with Gasteiger partial charge in [-0.1, -0.05) is 85.2 Å². The summed E-state index contributed by atoms with van der Waals surface area (Å²) in [5.74, 6) is 1.85. The Morgan fingerprint density at radius 3 is 2.61 bits per heavy atom. The van der Waals surface area contributed by atoms with Crippen molar-refractivity contribution in [3.05, 3.63) is 104 Å². The zero-order valence-electron chi connectivity index (χ0n) is 24.8. The molecule has 1 N–H and O–H groups in total. The number of fused-ring (bicyclic) bond motifs is 1. The van der Waals surface area contributed by atoms with Gasteiger partial charge in [0, 0.05) is 16.5 Å². The lowest BCUT2D eigenvalue weighted by molar-refractivity contribution is -0.139. The first kappa shape index (κ1) is 31.9. The topological polar surface area (TPSA) is 87.5 Å². The maximum atomic E-state index is 13.6. The molecular weight excluding hydrogens is 664 g/mol. The molecule has 5 rings (SSSR count). The van der Waals surface area contributed by atoms with Gasteiger partial charge in [-0.25, -0.2) is 9.48 Å². The van der Waals surface area contributed by atoms with Crippen molar-refractivity contribution in [2.24, 2.45) is 0 Å². The van der Waals surface area contributed by atoms with Crippen molar-refractivity contribution in [2.75, 3.05) is 18.5 Å². The number of hydrogen-bond donors (Lipinski definition) is 1. The SMILES string of the molecule is CCCCOC(=O)C1=C(C)Nc2nc(SCc3ccccc3Cl)nn2C1c1cc(Br)c(OCc2ccccc2)c(OCC)c1. The van der Waals surface area contributed by atoms with Gasteiger partial charge in [0.15, 0.2) is 11.5 Å². The van der Waals surface area contributed by atoms with E-state index in [0.717, 1.165) is 29.5 Å². The summed E-state index contributed by atoms with van der Waals surface area (Å²) in [7, 11) is 0. The fourth-order valence-electron chi connectivity index (χ4n) is 4.79. The molecule has 0 aliphatic carbocycles. The summed E-state index contributed by atoms with van der Waals surface area (Å²) in [5.41, 5.74) is 3.90. The normalized spacial score (nSPS) is 14.2. The van der Waals surface area contributed by atoms with Crippen LogP contribution in [0.1, 0.15) is 56.3 Å². The molecule has 3 aromatic carbocycles. The minimum Gasteiger partial charge on any atom is -0.490 e. The van der Waals surface area contributed by atoms with Gasteiger partial charge >= 0.3 is 5.97 Å². The third-order valence-corrected chi connectivity index (χ3v) is 8.82. The number of anilines is 1. The van der Waals surface area contributed by atoms with Gasteiger partial charge in [-0.05, 0) is 71.1 Å². The highest BCUT2D eigenvalue weighted by atomic mass is 79.9. The number of unbranched alkanes of at least 4 members (excludes halogenated alkanes) is 1. The van der Waals surface area contributed by atoms with Crippen LogP contribution in [-0.2, 0) is 21.9 Å². The minimum absolute atomic E-state index is 0.335. The van der Waals surface area contributed by atoms with Crippen LogP contribution in [0.5, 0.6) is 11.5 Å². The number of ether oxygens (including phenoxy) is 3. The second-order valence-electron chi connectivity index (χ2n) is 10.1. The molecule has 2 heterocycles. The van der Waals surface area contributed by atoms with Gasteiger partial charge in [-0.15, -0.1) is 5.10 Å². The Balaban J connectivity index is 1.52. The van der Waals surface area contributed by atoms with Gasteiger partial charge in [0.05, 0.1) is 23.3 Å². The Morgan fingerprint density at radius 2 is 1.86 bits per heavy atom. The van der Waals surface area contributed by atoms with Crippen LogP contribution in [0.25, 0.3) is 0 Å². The second kappa shape index (κ2) is 15.0. The monoisotopic (exact) mass is 696 g/mol. The Bertz CT molecular complexity index is 1650. The van der Waals surface area contributed by atoms with Gasteiger partial charge in [0.2, 0.25) is 11.1 Å². The lowest BCUT2D eigenvalue weighted by Crippen LogP contribution is -2.30. The molecule has 1 aliphatic heterocycles. The number of nitrogens with zero attached hydrogens (tertiary/aromatic N) is 3. The molecule has 4 aromatic rings. The molecule has 1 unspecified atom stereocenters. The van der Waals surface area contributed by atoms with E-state index in [1.54, 1.807) is 4.68 Å². The van der Waals surface area contributed by atoms with Gasteiger partial charge in [0.1, 0.15) is 12.6 Å². The molecule has 0 saturated carbocycles. The van der Waals surface area contributed by atoms with Crippen LogP contribution in [0.3, 0.4) is 0 Å². The molecule has 1 atom stereocenters. The van der Waals surface area contributed by atoms with Crippen molar-refractivity contribution >= 4 is 51.2 Å². The first-order valence-corrected chi connectivity index (χ1v) is 16.7. The number of hydrogen-bond acceptors (Lipinski definition) is 8. The Hall–Kier alpha value is -3.47. The fourth-order valence-corrected chi connectivity index (χ4v) is 6.48. The molecule has 1 aliphatic rings. The van der Waals surface area contributed by atoms with Crippen molar-refractivity contribution in [2.45, 2.75) is 57.2 Å². The number of nitrogens with one attached hydrogen (secondary N) is 1. The molecule has 0 radical (unpaired) electrons. The number of thioether (sulfide) groups is 1. The van der Waals surface area contributed by atoms with Crippen LogP contribution in [-0.4, -0.2) is 33.9 Å². The van der Waals surface area contributed by atoms with Gasteiger partial charge in [0.25, 0.3) is 0 Å². The van der Waals surface area contributed by atoms with E-state index in [1.807, 2.05) is 80.6 Å². The smallest absolute Gasteiger partial charge is 0.338 e. The van der Waals surface area contributed by atoms with E-state index >= 15 is 0 Å². The van der Waals surface area contributed by atoms with Gasteiger partial charge in [-0.3, -0.25) is 0 Å². The third kappa shape index (κ3) is 7.42. The first-order valence-electron chi connectivity index (χ1n) is 14.5. The molecule has 0 amide bonds. The molecule has 230 valence electrons. The predicted octanol–water partition coefficient (Wildman–Crippen LogP) is 8.60. The van der Waals surface area contributed by atoms with Crippen molar-refractivity contribution in [3.63, 3.8) is 0 Å². The molecule has 8 nitrogen and oxygen atoms in total. The molecule has 0 spiro atoms. The van der Waals surface area contributed by atoms with Crippen LogP contribution in [0.4, 0.5) is 5.95 Å². The van der Waals surface area contributed by atoms with E-state index < -0.39 is 12.0 Å². The first-order chi connectivity index (χ1) is 21.4. The number of carbonyl (C=O) groups is 1. The summed E-state index contributed by atoms with van der Waals surface area (Å²) in [5, 5.41) is 9.38. The standard InChI is InChI=1S/C33H34BrClN4O4S/c1-4-6-16-42-31(40)28-21(3)36-32-37-33(44-20-23-14-10-11-15-26(23)35)38-39(32)29(28)24-17-25(34)30(27(18-24)41-5-2)43-19-22-12-8-7-9-13-22/h7-15,17-18,29H,4-6,16,19-20H2,1-3H3,(H,36,37,38). The number of halogens is 2. The number of rotatable bonds is 13. The van der Waals surface area contributed by atoms with Crippen molar-refractivity contribution in [1.29, 1.82) is 0 Å². The maximum absolute atomic E-state index is 13.6. The predicted molar refractivity (Wildman–Crippen MR) is 177 cm³/mol. The lowest BCUT2D eigenvalue weighted by atomic mass is 9.95. The minimum atomic E-state index is -0.624. The molecule has 1 aromatic heterocycles. The second-order valence-corrected chi connectivity index (χ2v) is 12.3. The van der Waals surface area contributed by atoms with Crippen molar-refractivity contribution in [3.8, 4) is 11.5 Å². The molecule has 11 heteroatoms. The van der Waals surface area contributed by atoms with E-state index in [9.17, 15) is 4.79 Å². The fraction of sp³-hybridized carbons (Fsp3) is 0.303. The molecular formula is C33H34BrClN4O4S. The lowest BCUT2D eigenvalue weighted by Gasteiger charge is -2.29. The molecule has 0 saturated heterocycles. The van der Waals surface area contributed by atoms with E-state index in [2.05, 4.69) is 28.2 Å². The summed E-state index contributed by atoms with van der Waals surface area (Å²) in [6.45, 7) is 6.98. The van der Waals surface area contributed by atoms with Crippen LogP contribution < -0.4 is 14.8 Å². The summed E-state index contributed by atoms with van der Waals surface area (Å²) in [6.07, 6.45) is 1.70. The quantitative estimate of drug-likeness (QED) is 0.0845. The van der Waals surface area contributed by atoms with E-state index in [1.165, 1.54) is 11.8 Å². The van der Waals surface area contributed by atoms with Crippen molar-refractivity contribution in [1.82, 2.24) is 14.8 Å². The number of aromatic nitrogens is 3. The highest BCUT2D eigenvalue weighted by molar-refractivity contribution is 9.10. The summed E-state index contributed by atoms with van der Waals surface area (Å²) in [6, 6.07) is 20.9. The van der Waals surface area contributed by atoms with E-state index in [4.69, 9.17) is 35.9 Å². The highest BCUT2D eigenvalue weighted by Crippen LogP contribution is 2.44. The summed E-state index contributed by atoms with van der Waals surface area (Å²) < 4.78 is 20.4. The van der Waals surface area contributed by atoms with Crippen LogP contribution in [0, 0.1) is 0 Å². The number of esters is 1. The molecule has 0 fully saturated rings. The average Bonchev–Trinajstić information content (AvgIpc) is 3.42. The van der Waals surface area contributed by atoms with Crippen LogP contribution in [0.15, 0.2) is 87.6 Å². The zero-order chi connectivity index (χ0) is 31.1. The number of benzene rings is 3. The maximum Gasteiger partial charge on any atom is 0.338 e. The van der Waals surface area contributed by atoms with Gasteiger partial charge in [-0.2, -0.15) is 4.98 Å². The average molecular weight is 698 g/mol. The van der Waals surface area contributed by atoms with E-state index in [-0.39, 0.29) is 0 Å². The number of carbonyl (C=O) groups excluding carboxylic acids is 1. The van der Waals surface area contributed by atoms with Gasteiger partial charge < -0.3 is 19.5 Å². The van der Waals surface area contributed by atoms with Crippen LogP contribution >= 0.6 is 39.3 Å². The Labute approximate surface area is 275 Å². The van der Waals surface area contributed by atoms with Crippen LogP contribution in [0.2, 0.25) is 5.02 Å².